The Balaban J connectivity index is 0.000000257. The zero-order valence-corrected chi connectivity index (χ0v) is 16.5. The Labute approximate surface area is 154 Å². The monoisotopic (exact) mass is 350 g/mol. The number of benzene rings is 1. The van der Waals surface area contributed by atoms with Crippen molar-refractivity contribution < 1.29 is 15.3 Å². The van der Waals surface area contributed by atoms with Gasteiger partial charge in [0.15, 0.2) is 0 Å². The van der Waals surface area contributed by atoms with E-state index in [0.717, 1.165) is 30.7 Å². The summed E-state index contributed by atoms with van der Waals surface area (Å²) in [5.74, 6) is 2.28. The van der Waals surface area contributed by atoms with E-state index in [9.17, 15) is 10.2 Å². The number of phenols is 2. The summed E-state index contributed by atoms with van der Waals surface area (Å²) in [4.78, 5) is 0. The zero-order chi connectivity index (χ0) is 18.8. The molecule has 1 saturated carbocycles. The average molecular weight is 351 g/mol. The maximum Gasteiger partial charge on any atom is 0.122 e. The molecule has 1 aliphatic rings. The van der Waals surface area contributed by atoms with Crippen LogP contribution in [-0.4, -0.2) is 21.4 Å². The van der Waals surface area contributed by atoms with Crippen molar-refractivity contribution in [2.24, 2.45) is 17.8 Å². The largest absolute Gasteiger partial charge is 0.508 e. The van der Waals surface area contributed by atoms with Crippen molar-refractivity contribution in [2.75, 3.05) is 0 Å². The van der Waals surface area contributed by atoms with E-state index in [1.165, 1.54) is 38.2 Å². The van der Waals surface area contributed by atoms with Gasteiger partial charge < -0.3 is 15.3 Å². The van der Waals surface area contributed by atoms with Gasteiger partial charge in [0.25, 0.3) is 0 Å². The molecule has 1 aliphatic carbocycles. The number of rotatable bonds is 6. The Kier molecular flexibility index (Phi) is 9.96. The van der Waals surface area contributed by atoms with E-state index in [1.54, 1.807) is 12.1 Å². The highest BCUT2D eigenvalue weighted by atomic mass is 16.3. The number of hydrogen-bond acceptors (Lipinski definition) is 3. The smallest absolute Gasteiger partial charge is 0.122 e. The molecule has 3 nitrogen and oxygen atoms in total. The van der Waals surface area contributed by atoms with E-state index in [-0.39, 0.29) is 17.6 Å². The second-order valence-corrected chi connectivity index (χ2v) is 8.02. The van der Waals surface area contributed by atoms with Crippen molar-refractivity contribution in [3.63, 3.8) is 0 Å². The average Bonchev–Trinajstić information content (AvgIpc) is 2.53. The normalized spacial score (nSPS) is 23.2. The van der Waals surface area contributed by atoms with E-state index < -0.39 is 0 Å². The fourth-order valence-corrected chi connectivity index (χ4v) is 3.66. The zero-order valence-electron chi connectivity index (χ0n) is 16.5. The Bertz CT molecular complexity index is 484. The number of unbranched alkanes of at least 4 members (excludes halogenated alkanes) is 3. The van der Waals surface area contributed by atoms with Gasteiger partial charge in [0, 0.05) is 6.07 Å². The summed E-state index contributed by atoms with van der Waals surface area (Å²) in [5, 5.41) is 28.3. The van der Waals surface area contributed by atoms with Crippen molar-refractivity contribution in [2.45, 2.75) is 85.2 Å². The number of aromatic hydroxyl groups is 2. The molecule has 0 saturated heterocycles. The van der Waals surface area contributed by atoms with Crippen LogP contribution in [0.3, 0.4) is 0 Å². The van der Waals surface area contributed by atoms with Crippen LogP contribution < -0.4 is 0 Å². The van der Waals surface area contributed by atoms with Crippen LogP contribution in [0.4, 0.5) is 0 Å². The molecule has 0 radical (unpaired) electrons. The van der Waals surface area contributed by atoms with Crippen LogP contribution in [0.15, 0.2) is 18.2 Å². The van der Waals surface area contributed by atoms with E-state index in [1.807, 2.05) is 0 Å². The predicted octanol–water partition coefficient (Wildman–Crippen LogP) is 5.66. The van der Waals surface area contributed by atoms with Crippen molar-refractivity contribution in [1.82, 2.24) is 0 Å². The van der Waals surface area contributed by atoms with Crippen LogP contribution in [-0.2, 0) is 6.42 Å². The van der Waals surface area contributed by atoms with Crippen LogP contribution in [0.5, 0.6) is 11.5 Å². The summed E-state index contributed by atoms with van der Waals surface area (Å²) < 4.78 is 0. The summed E-state index contributed by atoms with van der Waals surface area (Å²) >= 11 is 0. The second-order valence-electron chi connectivity index (χ2n) is 8.02. The van der Waals surface area contributed by atoms with Gasteiger partial charge in [-0.15, -0.1) is 0 Å². The molecular weight excluding hydrogens is 312 g/mol. The van der Waals surface area contributed by atoms with Crippen LogP contribution in [0.1, 0.15) is 78.2 Å². The Morgan fingerprint density at radius 2 is 1.80 bits per heavy atom. The van der Waals surface area contributed by atoms with Gasteiger partial charge in [0.1, 0.15) is 11.5 Å². The molecule has 0 bridgehead atoms. The molecule has 3 unspecified atom stereocenters. The number of aryl methyl sites for hydroxylation is 1. The van der Waals surface area contributed by atoms with Gasteiger partial charge in [0.05, 0.1) is 6.10 Å². The molecule has 3 N–H and O–H groups in total. The maximum absolute atomic E-state index is 9.71. The molecule has 25 heavy (non-hydrogen) atoms. The van der Waals surface area contributed by atoms with Crippen LogP contribution >= 0.6 is 0 Å². The first-order chi connectivity index (χ1) is 11.8. The van der Waals surface area contributed by atoms with Gasteiger partial charge in [-0.05, 0) is 55.1 Å². The minimum Gasteiger partial charge on any atom is -0.508 e. The molecule has 144 valence electrons. The lowest BCUT2D eigenvalue weighted by Crippen LogP contribution is -2.31. The minimum atomic E-state index is -0.0289. The summed E-state index contributed by atoms with van der Waals surface area (Å²) in [5.41, 5.74) is 0.930. The third kappa shape index (κ3) is 8.13. The minimum absolute atomic E-state index is 0.0289. The highest BCUT2D eigenvalue weighted by molar-refractivity contribution is 5.38. The van der Waals surface area contributed by atoms with E-state index >= 15 is 0 Å². The molecule has 0 amide bonds. The third-order valence-electron chi connectivity index (χ3n) is 5.36. The molecule has 0 aliphatic heterocycles. The maximum atomic E-state index is 9.71. The first kappa shape index (κ1) is 21.8. The van der Waals surface area contributed by atoms with Crippen LogP contribution in [0, 0.1) is 17.8 Å². The molecule has 0 aromatic heterocycles. The number of aliphatic hydroxyl groups is 1. The second kappa shape index (κ2) is 11.4. The highest BCUT2D eigenvalue weighted by Gasteiger charge is 2.28. The van der Waals surface area contributed by atoms with Crippen molar-refractivity contribution in [1.29, 1.82) is 0 Å². The fraction of sp³-hybridized carbons (Fsp3) is 0.727. The molecule has 1 aromatic carbocycles. The van der Waals surface area contributed by atoms with Gasteiger partial charge in [-0.25, -0.2) is 0 Å². The summed E-state index contributed by atoms with van der Waals surface area (Å²) in [6.07, 6.45) is 9.19. The highest BCUT2D eigenvalue weighted by Crippen LogP contribution is 2.33. The summed E-state index contributed by atoms with van der Waals surface area (Å²) in [6.45, 7) is 8.84. The van der Waals surface area contributed by atoms with Crippen molar-refractivity contribution >= 4 is 0 Å². The number of aliphatic hydroxyl groups excluding tert-OH is 1. The lowest BCUT2D eigenvalue weighted by molar-refractivity contribution is 0.0266. The molecule has 3 heteroatoms. The molecule has 0 spiro atoms. The van der Waals surface area contributed by atoms with E-state index in [4.69, 9.17) is 5.11 Å². The Morgan fingerprint density at radius 1 is 1.08 bits per heavy atom. The van der Waals surface area contributed by atoms with Crippen LogP contribution in [0.25, 0.3) is 0 Å². The van der Waals surface area contributed by atoms with Gasteiger partial charge >= 0.3 is 0 Å². The molecule has 3 atom stereocenters. The number of hydrogen-bond donors (Lipinski definition) is 3. The number of phenolic OH excluding ortho intramolecular Hbond substituents is 2. The summed E-state index contributed by atoms with van der Waals surface area (Å²) in [7, 11) is 0. The van der Waals surface area contributed by atoms with Crippen molar-refractivity contribution in [3.8, 4) is 11.5 Å². The SMILES string of the molecule is CC1CCC(C(C)C)C(O)C1.CCCCCCc1ccc(O)cc1O. The van der Waals surface area contributed by atoms with E-state index in [0.29, 0.717) is 11.8 Å². The molecule has 2 rings (SSSR count). The third-order valence-corrected chi connectivity index (χ3v) is 5.36. The molecule has 1 fully saturated rings. The Morgan fingerprint density at radius 3 is 2.36 bits per heavy atom. The fourth-order valence-electron chi connectivity index (χ4n) is 3.66. The first-order valence-corrected chi connectivity index (χ1v) is 10.0. The van der Waals surface area contributed by atoms with Gasteiger partial charge in [-0.1, -0.05) is 59.4 Å². The van der Waals surface area contributed by atoms with E-state index in [2.05, 4.69) is 27.7 Å². The summed E-state index contributed by atoms with van der Waals surface area (Å²) in [6, 6.07) is 4.81. The lowest BCUT2D eigenvalue weighted by Gasteiger charge is -2.33. The quantitative estimate of drug-likeness (QED) is 0.580. The molecule has 0 heterocycles. The van der Waals surface area contributed by atoms with Gasteiger partial charge in [-0.3, -0.25) is 0 Å². The Hall–Kier alpha value is -1.22. The van der Waals surface area contributed by atoms with Crippen LogP contribution in [0.2, 0.25) is 0 Å². The van der Waals surface area contributed by atoms with Gasteiger partial charge in [-0.2, -0.15) is 0 Å². The van der Waals surface area contributed by atoms with Crippen molar-refractivity contribution in [3.05, 3.63) is 23.8 Å². The molecule has 1 aromatic rings. The van der Waals surface area contributed by atoms with Gasteiger partial charge in [0.2, 0.25) is 0 Å². The predicted molar refractivity (Wildman–Crippen MR) is 105 cm³/mol. The first-order valence-electron chi connectivity index (χ1n) is 10.0. The lowest BCUT2D eigenvalue weighted by atomic mass is 9.75. The standard InChI is InChI=1S/C12H18O2.C10H20O/c1-2-3-4-5-6-10-7-8-11(13)9-12(10)14;1-7(2)9-5-4-8(3)6-10(9)11/h7-9,13-14H,2-6H2,1H3;7-11H,4-6H2,1-3H3. The topological polar surface area (TPSA) is 60.7 Å². The molecular formula is C22H38O3.